The van der Waals surface area contributed by atoms with Gasteiger partial charge in [0.1, 0.15) is 0 Å². The van der Waals surface area contributed by atoms with Crippen LogP contribution in [0, 0.1) is 23.7 Å². The Hall–Kier alpha value is -1.89. The number of carbonyl (C=O) groups excluding carboxylic acids is 2. The zero-order valence-electron chi connectivity index (χ0n) is 13.7. The van der Waals surface area contributed by atoms with Crippen LogP contribution in [0.1, 0.15) is 54.3 Å². The fraction of sp³-hybridized carbons (Fsp3) is 0.588. The fourth-order valence-corrected chi connectivity index (χ4v) is 4.98. The molecule has 0 aromatic carbocycles. The number of hydrogen-bond donors (Lipinski definition) is 3. The van der Waals surface area contributed by atoms with Gasteiger partial charge in [-0.05, 0) is 43.1 Å². The van der Waals surface area contributed by atoms with Crippen LogP contribution in [0.2, 0.25) is 0 Å². The van der Waals surface area contributed by atoms with Crippen molar-refractivity contribution >= 4 is 29.1 Å². The van der Waals surface area contributed by atoms with Crippen molar-refractivity contribution in [1.29, 1.82) is 0 Å². The predicted molar refractivity (Wildman–Crippen MR) is 89.5 cm³/mol. The summed E-state index contributed by atoms with van der Waals surface area (Å²) in [4.78, 5) is 37.1. The molecule has 2 fully saturated rings. The van der Waals surface area contributed by atoms with Gasteiger partial charge < -0.3 is 5.11 Å². The number of amides is 2. The molecule has 1 aromatic rings. The number of aliphatic carboxylic acids is 1. The molecule has 2 bridgehead atoms. The Labute approximate surface area is 144 Å². The Kier molecular flexibility index (Phi) is 4.62. The first-order valence-electron chi connectivity index (χ1n) is 8.30. The lowest BCUT2D eigenvalue weighted by Gasteiger charge is -2.26. The van der Waals surface area contributed by atoms with Gasteiger partial charge in [-0.2, -0.15) is 0 Å². The number of fused-ring (bicyclic) bond motifs is 2. The molecule has 2 aliphatic carbocycles. The predicted octanol–water partition coefficient (Wildman–Crippen LogP) is 2.38. The van der Waals surface area contributed by atoms with Crippen molar-refractivity contribution in [3.05, 3.63) is 21.9 Å². The number of carboxylic acids is 1. The minimum atomic E-state index is -0.909. The summed E-state index contributed by atoms with van der Waals surface area (Å²) in [5.41, 5.74) is 5.36. The molecule has 0 radical (unpaired) electrons. The topological polar surface area (TPSA) is 95.5 Å². The van der Waals surface area contributed by atoms with E-state index in [1.807, 2.05) is 6.07 Å². The van der Waals surface area contributed by atoms with Gasteiger partial charge in [0.25, 0.3) is 5.91 Å². The summed E-state index contributed by atoms with van der Waals surface area (Å²) in [6, 6.07) is 1.81. The van der Waals surface area contributed by atoms with E-state index in [4.69, 9.17) is 0 Å². The van der Waals surface area contributed by atoms with Crippen LogP contribution in [0.4, 0.5) is 0 Å². The second-order valence-electron chi connectivity index (χ2n) is 7.06. The molecular formula is C17H22N2O4S. The molecule has 3 N–H and O–H groups in total. The molecule has 0 saturated heterocycles. The van der Waals surface area contributed by atoms with Crippen molar-refractivity contribution in [2.24, 2.45) is 23.7 Å². The Balaban J connectivity index is 1.60. The normalized spacial score (nSPS) is 28.1. The third-order valence-corrected chi connectivity index (χ3v) is 6.49. The monoisotopic (exact) mass is 350 g/mol. The maximum Gasteiger partial charge on any atom is 0.307 e. The van der Waals surface area contributed by atoms with E-state index in [-0.39, 0.29) is 23.7 Å². The number of thiophene rings is 1. The first-order valence-corrected chi connectivity index (χ1v) is 9.18. The molecule has 1 aromatic heterocycles. The van der Waals surface area contributed by atoms with E-state index in [0.29, 0.717) is 11.5 Å². The summed E-state index contributed by atoms with van der Waals surface area (Å²) in [6.07, 6.45) is 2.57. The second-order valence-corrected chi connectivity index (χ2v) is 8.00. The smallest absolute Gasteiger partial charge is 0.307 e. The van der Waals surface area contributed by atoms with Gasteiger partial charge in [0, 0.05) is 10.3 Å². The van der Waals surface area contributed by atoms with Crippen molar-refractivity contribution < 1.29 is 19.5 Å². The number of nitrogens with one attached hydrogen (secondary N) is 2. The van der Waals surface area contributed by atoms with Crippen LogP contribution in [0.5, 0.6) is 0 Å². The summed E-state index contributed by atoms with van der Waals surface area (Å²) in [5.74, 6) is -2.30. The van der Waals surface area contributed by atoms with Gasteiger partial charge in [-0.3, -0.25) is 25.2 Å². The molecule has 3 rings (SSSR count). The number of hydrogen-bond acceptors (Lipinski definition) is 4. The van der Waals surface area contributed by atoms with Gasteiger partial charge in [0.2, 0.25) is 5.91 Å². The molecule has 0 unspecified atom stereocenters. The summed E-state index contributed by atoms with van der Waals surface area (Å²) < 4.78 is 0. The SMILES string of the molecule is CC(C)c1cc(C(=O)NNC(=O)[C@H]2[C@@H]3CC[C@@H](C3)[C@@H]2C(=O)O)cs1. The van der Waals surface area contributed by atoms with Crippen molar-refractivity contribution in [3.8, 4) is 0 Å². The number of hydrazine groups is 1. The highest BCUT2D eigenvalue weighted by atomic mass is 32.1. The van der Waals surface area contributed by atoms with E-state index in [2.05, 4.69) is 24.7 Å². The van der Waals surface area contributed by atoms with Gasteiger partial charge in [-0.25, -0.2) is 0 Å². The van der Waals surface area contributed by atoms with Crippen LogP contribution in [-0.4, -0.2) is 22.9 Å². The highest BCUT2D eigenvalue weighted by molar-refractivity contribution is 7.10. The van der Waals surface area contributed by atoms with Crippen LogP contribution in [0.25, 0.3) is 0 Å². The van der Waals surface area contributed by atoms with Crippen LogP contribution in [0.15, 0.2) is 11.4 Å². The second kappa shape index (κ2) is 6.55. The molecule has 1 heterocycles. The van der Waals surface area contributed by atoms with Crippen LogP contribution in [-0.2, 0) is 9.59 Å². The highest BCUT2D eigenvalue weighted by Gasteiger charge is 2.54. The first-order chi connectivity index (χ1) is 11.4. The van der Waals surface area contributed by atoms with E-state index in [0.717, 1.165) is 24.1 Å². The quantitative estimate of drug-likeness (QED) is 0.727. The minimum Gasteiger partial charge on any atom is -0.481 e. The molecule has 2 amide bonds. The largest absolute Gasteiger partial charge is 0.481 e. The third-order valence-electron chi connectivity index (χ3n) is 5.25. The van der Waals surface area contributed by atoms with Gasteiger partial charge >= 0.3 is 5.97 Å². The summed E-state index contributed by atoms with van der Waals surface area (Å²) >= 11 is 1.51. The van der Waals surface area contributed by atoms with E-state index < -0.39 is 17.8 Å². The molecular weight excluding hydrogens is 328 g/mol. The zero-order chi connectivity index (χ0) is 17.4. The van der Waals surface area contributed by atoms with E-state index >= 15 is 0 Å². The molecule has 2 saturated carbocycles. The van der Waals surface area contributed by atoms with E-state index in [1.54, 1.807) is 5.38 Å². The van der Waals surface area contributed by atoms with E-state index in [1.165, 1.54) is 11.3 Å². The van der Waals surface area contributed by atoms with Crippen molar-refractivity contribution in [3.63, 3.8) is 0 Å². The number of rotatable bonds is 4. The lowest BCUT2D eigenvalue weighted by molar-refractivity contribution is -0.149. The fourth-order valence-electron chi connectivity index (χ4n) is 4.07. The average molecular weight is 350 g/mol. The molecule has 4 atom stereocenters. The Morgan fingerprint density at radius 1 is 1.17 bits per heavy atom. The average Bonchev–Trinajstić information content (AvgIpc) is 3.25. The molecule has 6 nitrogen and oxygen atoms in total. The van der Waals surface area contributed by atoms with Crippen LogP contribution >= 0.6 is 11.3 Å². The molecule has 130 valence electrons. The maximum absolute atomic E-state index is 12.4. The minimum absolute atomic E-state index is 0.0874. The maximum atomic E-state index is 12.4. The van der Waals surface area contributed by atoms with Crippen LogP contribution in [0.3, 0.4) is 0 Å². The summed E-state index contributed by atoms with van der Waals surface area (Å²) in [6.45, 7) is 4.10. The van der Waals surface area contributed by atoms with Gasteiger partial charge in [0.05, 0.1) is 17.4 Å². The van der Waals surface area contributed by atoms with E-state index in [9.17, 15) is 19.5 Å². The third kappa shape index (κ3) is 3.05. The van der Waals surface area contributed by atoms with Crippen molar-refractivity contribution in [1.82, 2.24) is 10.9 Å². The van der Waals surface area contributed by atoms with Gasteiger partial charge in [-0.15, -0.1) is 11.3 Å². The van der Waals surface area contributed by atoms with Gasteiger partial charge in [-0.1, -0.05) is 13.8 Å². The Morgan fingerprint density at radius 2 is 1.83 bits per heavy atom. The summed E-state index contributed by atoms with van der Waals surface area (Å²) in [5, 5.41) is 11.2. The molecule has 24 heavy (non-hydrogen) atoms. The molecule has 0 aliphatic heterocycles. The van der Waals surface area contributed by atoms with Crippen molar-refractivity contribution in [2.45, 2.75) is 39.0 Å². The zero-order valence-corrected chi connectivity index (χ0v) is 14.6. The highest BCUT2D eigenvalue weighted by Crippen LogP contribution is 2.52. The summed E-state index contributed by atoms with van der Waals surface area (Å²) in [7, 11) is 0. The Bertz CT molecular complexity index is 669. The lowest BCUT2D eigenvalue weighted by Crippen LogP contribution is -2.48. The number of carbonyl (C=O) groups is 3. The lowest BCUT2D eigenvalue weighted by atomic mass is 9.79. The standard InChI is InChI=1S/C17H22N2O4S/c1-8(2)12-6-11(7-24-12)15(20)18-19-16(21)13-9-3-4-10(5-9)14(13)17(22)23/h6-10,13-14H,3-5H2,1-2H3,(H,18,20)(H,19,21)(H,22,23)/t9-,10+,13+,14+/m1/s1. The molecule has 7 heteroatoms. The molecule has 0 spiro atoms. The van der Waals surface area contributed by atoms with Gasteiger partial charge in [0.15, 0.2) is 0 Å². The Morgan fingerprint density at radius 3 is 2.42 bits per heavy atom. The van der Waals surface area contributed by atoms with Crippen LogP contribution < -0.4 is 10.9 Å². The number of carboxylic acid groups (broad SMARTS) is 1. The molecule has 2 aliphatic rings. The van der Waals surface area contributed by atoms with Crippen molar-refractivity contribution in [2.75, 3.05) is 0 Å². The first kappa shape index (κ1) is 17.0.